The fraction of sp³-hybridized carbons (Fsp3) is 1.00. The fourth-order valence-electron chi connectivity index (χ4n) is 1.54. The number of likely N-dealkylation sites (tertiary alicyclic amines) is 1. The summed E-state index contributed by atoms with van der Waals surface area (Å²) in [7, 11) is 2.19. The number of rotatable bonds is 2. The van der Waals surface area contributed by atoms with Gasteiger partial charge in [0.05, 0.1) is 4.05 Å². The van der Waals surface area contributed by atoms with Crippen LogP contribution < -0.4 is 5.32 Å². The van der Waals surface area contributed by atoms with E-state index in [-0.39, 0.29) is 0 Å². The van der Waals surface area contributed by atoms with Crippen molar-refractivity contribution in [2.24, 2.45) is 0 Å². The molecule has 0 amide bonds. The van der Waals surface area contributed by atoms with Crippen molar-refractivity contribution < 1.29 is 0 Å². The van der Waals surface area contributed by atoms with E-state index in [1.807, 2.05) is 0 Å². The van der Waals surface area contributed by atoms with Crippen LogP contribution in [0.1, 0.15) is 20.3 Å². The number of hydrogen-bond donors (Lipinski definition) is 1. The first-order valence-corrected chi connectivity index (χ1v) is 5.44. The second kappa shape index (κ2) is 4.05. The van der Waals surface area contributed by atoms with Crippen LogP contribution >= 0.6 is 22.6 Å². The molecule has 1 rings (SSSR count). The summed E-state index contributed by atoms with van der Waals surface area (Å²) in [5, 5.41) is 3.56. The molecule has 0 bridgehead atoms. The summed E-state index contributed by atoms with van der Waals surface area (Å²) in [5.74, 6) is 0. The second-order valence-corrected chi connectivity index (χ2v) is 5.07. The summed E-state index contributed by atoms with van der Waals surface area (Å²) in [6, 6.07) is 1.33. The second-order valence-electron chi connectivity index (χ2n) is 3.63. The van der Waals surface area contributed by atoms with Gasteiger partial charge in [0.25, 0.3) is 0 Å². The monoisotopic (exact) mass is 268 g/mol. The van der Waals surface area contributed by atoms with Crippen LogP contribution in [0.3, 0.4) is 0 Å². The summed E-state index contributed by atoms with van der Waals surface area (Å²) in [5.41, 5.74) is 0. The molecule has 0 aromatic rings. The van der Waals surface area contributed by atoms with Crippen LogP contribution in [0.5, 0.6) is 0 Å². The summed E-state index contributed by atoms with van der Waals surface area (Å²) in [6.07, 6.45) is 1.29. The molecular formula is C8H17IN2. The SMILES string of the molecule is CC(C)N[C@@H]1C[C@H](I)N(C)C1. The van der Waals surface area contributed by atoms with Gasteiger partial charge in [-0.05, 0) is 13.5 Å². The van der Waals surface area contributed by atoms with Crippen molar-refractivity contribution in [3.05, 3.63) is 0 Å². The lowest BCUT2D eigenvalue weighted by atomic mass is 10.2. The van der Waals surface area contributed by atoms with Gasteiger partial charge in [-0.2, -0.15) is 0 Å². The molecular weight excluding hydrogens is 251 g/mol. The number of halogens is 1. The standard InChI is InChI=1S/C8H17IN2/c1-6(2)10-7-4-8(9)11(3)5-7/h6-8,10H,4-5H2,1-3H3/t7-,8-/m1/s1. The zero-order chi connectivity index (χ0) is 8.43. The minimum absolute atomic E-state index is 0.620. The molecule has 1 aliphatic heterocycles. The minimum atomic E-state index is 0.620. The molecule has 0 aromatic carbocycles. The Labute approximate surface area is 82.9 Å². The summed E-state index contributed by atoms with van der Waals surface area (Å²) >= 11 is 2.51. The van der Waals surface area contributed by atoms with Crippen molar-refractivity contribution in [3.8, 4) is 0 Å². The van der Waals surface area contributed by atoms with E-state index in [1.54, 1.807) is 0 Å². The van der Waals surface area contributed by atoms with E-state index in [0.29, 0.717) is 12.1 Å². The Hall–Kier alpha value is 0.650. The Morgan fingerprint density at radius 3 is 2.55 bits per heavy atom. The number of alkyl halides is 1. The Balaban J connectivity index is 2.29. The molecule has 2 nitrogen and oxygen atoms in total. The molecule has 3 heteroatoms. The third kappa shape index (κ3) is 2.87. The smallest absolute Gasteiger partial charge is 0.0632 e. The van der Waals surface area contributed by atoms with Gasteiger partial charge in [0.2, 0.25) is 0 Å². The highest BCUT2D eigenvalue weighted by Gasteiger charge is 2.26. The van der Waals surface area contributed by atoms with E-state index in [4.69, 9.17) is 0 Å². The zero-order valence-corrected chi connectivity index (χ0v) is 9.63. The number of nitrogens with one attached hydrogen (secondary N) is 1. The van der Waals surface area contributed by atoms with Gasteiger partial charge in [-0.25, -0.2) is 0 Å². The van der Waals surface area contributed by atoms with E-state index in [2.05, 4.69) is 53.7 Å². The molecule has 0 aliphatic carbocycles. The topological polar surface area (TPSA) is 15.3 Å². The highest BCUT2D eigenvalue weighted by atomic mass is 127. The molecule has 2 atom stereocenters. The van der Waals surface area contributed by atoms with Crippen molar-refractivity contribution in [1.29, 1.82) is 0 Å². The molecule has 1 fully saturated rings. The van der Waals surface area contributed by atoms with Gasteiger partial charge >= 0.3 is 0 Å². The van der Waals surface area contributed by atoms with E-state index in [1.165, 1.54) is 13.0 Å². The molecule has 11 heavy (non-hydrogen) atoms. The lowest BCUT2D eigenvalue weighted by Crippen LogP contribution is -2.36. The summed E-state index contributed by atoms with van der Waals surface area (Å²) in [6.45, 7) is 5.62. The molecule has 0 aromatic heterocycles. The van der Waals surface area contributed by atoms with Crippen LogP contribution in [0.15, 0.2) is 0 Å². The molecule has 0 spiro atoms. The van der Waals surface area contributed by atoms with E-state index in [9.17, 15) is 0 Å². The predicted octanol–water partition coefficient (Wildman–Crippen LogP) is 1.45. The van der Waals surface area contributed by atoms with Gasteiger partial charge in [-0.1, -0.05) is 36.4 Å². The van der Waals surface area contributed by atoms with Crippen molar-refractivity contribution in [1.82, 2.24) is 10.2 Å². The average Bonchev–Trinajstić information content (AvgIpc) is 2.10. The maximum absolute atomic E-state index is 3.56. The molecule has 1 saturated heterocycles. The lowest BCUT2D eigenvalue weighted by molar-refractivity contribution is 0.381. The maximum Gasteiger partial charge on any atom is 0.0632 e. The van der Waals surface area contributed by atoms with Crippen molar-refractivity contribution >= 4 is 22.6 Å². The molecule has 0 saturated carbocycles. The first-order valence-electron chi connectivity index (χ1n) is 4.20. The average molecular weight is 268 g/mol. The van der Waals surface area contributed by atoms with Crippen molar-refractivity contribution in [3.63, 3.8) is 0 Å². The predicted molar refractivity (Wildman–Crippen MR) is 57.1 cm³/mol. The minimum Gasteiger partial charge on any atom is -0.310 e. The zero-order valence-electron chi connectivity index (χ0n) is 7.47. The first kappa shape index (κ1) is 9.74. The number of likely N-dealkylation sites (N-methyl/N-ethyl adjacent to an activating group) is 1. The fourth-order valence-corrected chi connectivity index (χ4v) is 2.38. The van der Waals surface area contributed by atoms with Gasteiger partial charge in [0.15, 0.2) is 0 Å². The van der Waals surface area contributed by atoms with Crippen LogP contribution in [0.25, 0.3) is 0 Å². The maximum atomic E-state index is 3.56. The van der Waals surface area contributed by atoms with E-state index in [0.717, 1.165) is 4.05 Å². The van der Waals surface area contributed by atoms with Crippen LogP contribution in [0.2, 0.25) is 0 Å². The number of nitrogens with zero attached hydrogens (tertiary/aromatic N) is 1. The van der Waals surface area contributed by atoms with Gasteiger partial charge in [0.1, 0.15) is 0 Å². The van der Waals surface area contributed by atoms with Gasteiger partial charge < -0.3 is 5.32 Å². The summed E-state index contributed by atoms with van der Waals surface area (Å²) < 4.78 is 0.726. The third-order valence-corrected chi connectivity index (χ3v) is 3.49. The highest BCUT2D eigenvalue weighted by Crippen LogP contribution is 2.21. The lowest BCUT2D eigenvalue weighted by Gasteiger charge is -2.15. The normalized spacial score (nSPS) is 33.5. The quantitative estimate of drug-likeness (QED) is 0.463. The molecule has 1 heterocycles. The molecule has 0 unspecified atom stereocenters. The van der Waals surface area contributed by atoms with Gasteiger partial charge in [0, 0.05) is 18.6 Å². The first-order chi connectivity index (χ1) is 5.09. The Kier molecular flexibility index (Phi) is 3.58. The molecule has 1 aliphatic rings. The molecule has 1 N–H and O–H groups in total. The van der Waals surface area contributed by atoms with E-state index < -0.39 is 0 Å². The van der Waals surface area contributed by atoms with E-state index >= 15 is 0 Å². The van der Waals surface area contributed by atoms with Crippen LogP contribution in [-0.4, -0.2) is 34.6 Å². The number of hydrogen-bond acceptors (Lipinski definition) is 2. The van der Waals surface area contributed by atoms with Crippen LogP contribution in [-0.2, 0) is 0 Å². The molecule has 66 valence electrons. The Morgan fingerprint density at radius 2 is 2.18 bits per heavy atom. The third-order valence-electron chi connectivity index (χ3n) is 2.03. The van der Waals surface area contributed by atoms with Crippen molar-refractivity contribution in [2.75, 3.05) is 13.6 Å². The Bertz CT molecular complexity index is 115. The summed E-state index contributed by atoms with van der Waals surface area (Å²) in [4.78, 5) is 2.40. The van der Waals surface area contributed by atoms with Crippen molar-refractivity contribution in [2.45, 2.75) is 36.4 Å². The Morgan fingerprint density at radius 1 is 1.55 bits per heavy atom. The molecule has 0 radical (unpaired) electrons. The van der Waals surface area contributed by atoms with Gasteiger partial charge in [-0.15, -0.1) is 0 Å². The van der Waals surface area contributed by atoms with Crippen LogP contribution in [0.4, 0.5) is 0 Å². The highest BCUT2D eigenvalue weighted by molar-refractivity contribution is 14.1. The van der Waals surface area contributed by atoms with Crippen LogP contribution in [0, 0.1) is 0 Å². The van der Waals surface area contributed by atoms with Gasteiger partial charge in [-0.3, -0.25) is 4.90 Å². The largest absolute Gasteiger partial charge is 0.310 e.